The minimum atomic E-state index is -1.08. The highest BCUT2D eigenvalue weighted by molar-refractivity contribution is 5.94. The van der Waals surface area contributed by atoms with E-state index in [-0.39, 0.29) is 17.8 Å². The lowest BCUT2D eigenvalue weighted by Gasteiger charge is -2.11. The molecule has 0 saturated carbocycles. The SMILES string of the molecule is CC#CCNC(=O)Nc1cc(C(=O)O)ccc1OC. The summed E-state index contributed by atoms with van der Waals surface area (Å²) in [5.74, 6) is 4.61. The Morgan fingerprint density at radius 1 is 1.42 bits per heavy atom. The molecule has 0 heterocycles. The maximum absolute atomic E-state index is 11.5. The van der Waals surface area contributed by atoms with Crippen LogP contribution in [0.15, 0.2) is 18.2 Å². The minimum Gasteiger partial charge on any atom is -0.495 e. The van der Waals surface area contributed by atoms with Gasteiger partial charge in [-0.1, -0.05) is 5.92 Å². The van der Waals surface area contributed by atoms with E-state index < -0.39 is 12.0 Å². The van der Waals surface area contributed by atoms with Gasteiger partial charge in [0.15, 0.2) is 0 Å². The maximum Gasteiger partial charge on any atom is 0.335 e. The van der Waals surface area contributed by atoms with Crippen molar-refractivity contribution in [2.24, 2.45) is 0 Å². The lowest BCUT2D eigenvalue weighted by Crippen LogP contribution is -2.29. The van der Waals surface area contributed by atoms with Gasteiger partial charge in [0.2, 0.25) is 0 Å². The van der Waals surface area contributed by atoms with Crippen molar-refractivity contribution >= 4 is 17.7 Å². The number of hydrogen-bond acceptors (Lipinski definition) is 3. The van der Waals surface area contributed by atoms with Crippen molar-refractivity contribution in [2.75, 3.05) is 19.0 Å². The number of carboxylic acid groups (broad SMARTS) is 1. The van der Waals surface area contributed by atoms with Gasteiger partial charge >= 0.3 is 12.0 Å². The molecule has 3 N–H and O–H groups in total. The van der Waals surface area contributed by atoms with Crippen molar-refractivity contribution in [1.29, 1.82) is 0 Å². The lowest BCUT2D eigenvalue weighted by molar-refractivity contribution is 0.0697. The Labute approximate surface area is 110 Å². The smallest absolute Gasteiger partial charge is 0.335 e. The highest BCUT2D eigenvalue weighted by atomic mass is 16.5. The van der Waals surface area contributed by atoms with Crippen molar-refractivity contribution < 1.29 is 19.4 Å². The number of methoxy groups -OCH3 is 1. The van der Waals surface area contributed by atoms with Crippen LogP contribution in [0, 0.1) is 11.8 Å². The largest absolute Gasteiger partial charge is 0.495 e. The topological polar surface area (TPSA) is 87.7 Å². The van der Waals surface area contributed by atoms with E-state index in [2.05, 4.69) is 22.5 Å². The summed E-state index contributed by atoms with van der Waals surface area (Å²) in [6.45, 7) is 1.88. The lowest BCUT2D eigenvalue weighted by atomic mass is 10.2. The highest BCUT2D eigenvalue weighted by Gasteiger charge is 2.11. The number of ether oxygens (including phenoxy) is 1. The fourth-order valence-corrected chi connectivity index (χ4v) is 1.32. The third-order valence-corrected chi connectivity index (χ3v) is 2.21. The molecule has 100 valence electrons. The molecule has 1 aromatic carbocycles. The fourth-order valence-electron chi connectivity index (χ4n) is 1.32. The first kappa shape index (κ1) is 14.4. The third-order valence-electron chi connectivity index (χ3n) is 2.21. The van der Waals surface area contributed by atoms with Gasteiger partial charge in [0.1, 0.15) is 5.75 Å². The first-order valence-electron chi connectivity index (χ1n) is 5.44. The average molecular weight is 262 g/mol. The summed E-state index contributed by atoms with van der Waals surface area (Å²) in [7, 11) is 1.43. The van der Waals surface area contributed by atoms with E-state index in [0.717, 1.165) is 0 Å². The van der Waals surface area contributed by atoms with Crippen molar-refractivity contribution in [1.82, 2.24) is 5.32 Å². The standard InChI is InChI=1S/C13H14N2O4/c1-3-4-7-14-13(18)15-10-8-9(12(16)17)5-6-11(10)19-2/h5-6,8H,7H2,1-2H3,(H,16,17)(H2,14,15,18). The summed E-state index contributed by atoms with van der Waals surface area (Å²) in [5, 5.41) is 13.9. The van der Waals surface area contributed by atoms with E-state index in [1.54, 1.807) is 6.92 Å². The van der Waals surface area contributed by atoms with Crippen LogP contribution >= 0.6 is 0 Å². The molecule has 1 aromatic rings. The van der Waals surface area contributed by atoms with E-state index in [1.165, 1.54) is 25.3 Å². The molecule has 0 spiro atoms. The van der Waals surface area contributed by atoms with Crippen molar-refractivity contribution in [2.45, 2.75) is 6.92 Å². The second-order valence-electron chi connectivity index (χ2n) is 3.45. The van der Waals surface area contributed by atoms with E-state index >= 15 is 0 Å². The zero-order chi connectivity index (χ0) is 14.3. The summed E-state index contributed by atoms with van der Waals surface area (Å²) in [4.78, 5) is 22.4. The van der Waals surface area contributed by atoms with Crippen LogP contribution in [0.2, 0.25) is 0 Å². The predicted octanol–water partition coefficient (Wildman–Crippen LogP) is 1.54. The summed E-state index contributed by atoms with van der Waals surface area (Å²) in [6.07, 6.45) is 0. The number of carboxylic acids is 1. The number of rotatable bonds is 4. The Morgan fingerprint density at radius 2 is 2.16 bits per heavy atom. The van der Waals surface area contributed by atoms with E-state index in [9.17, 15) is 9.59 Å². The molecule has 0 fully saturated rings. The molecule has 0 unspecified atom stereocenters. The number of amides is 2. The van der Waals surface area contributed by atoms with Gasteiger partial charge in [-0.2, -0.15) is 0 Å². The van der Waals surface area contributed by atoms with Gasteiger partial charge in [0.25, 0.3) is 0 Å². The monoisotopic (exact) mass is 262 g/mol. The number of hydrogen-bond donors (Lipinski definition) is 3. The Kier molecular flexibility index (Phi) is 5.23. The molecule has 0 saturated heterocycles. The second kappa shape index (κ2) is 6.91. The van der Waals surface area contributed by atoms with Crippen LogP contribution < -0.4 is 15.4 Å². The van der Waals surface area contributed by atoms with Crippen LogP contribution in [0.25, 0.3) is 0 Å². The molecule has 6 heteroatoms. The predicted molar refractivity (Wildman–Crippen MR) is 70.4 cm³/mol. The molecule has 0 bridgehead atoms. The number of carbonyl (C=O) groups is 2. The van der Waals surface area contributed by atoms with Gasteiger partial charge in [-0.15, -0.1) is 5.92 Å². The first-order chi connectivity index (χ1) is 9.08. The molecule has 0 aromatic heterocycles. The van der Waals surface area contributed by atoms with Gasteiger partial charge in [0.05, 0.1) is 24.9 Å². The number of carbonyl (C=O) groups excluding carboxylic acids is 1. The Balaban J connectivity index is 2.84. The van der Waals surface area contributed by atoms with Crippen LogP contribution in [0.3, 0.4) is 0 Å². The highest BCUT2D eigenvalue weighted by Crippen LogP contribution is 2.25. The number of aromatic carboxylic acids is 1. The molecule has 1 rings (SSSR count). The van der Waals surface area contributed by atoms with Gasteiger partial charge < -0.3 is 20.5 Å². The van der Waals surface area contributed by atoms with Crippen molar-refractivity contribution in [3.05, 3.63) is 23.8 Å². The molecular weight excluding hydrogens is 248 g/mol. The molecule has 0 atom stereocenters. The molecule has 6 nitrogen and oxygen atoms in total. The number of urea groups is 1. The van der Waals surface area contributed by atoms with Gasteiger partial charge in [-0.25, -0.2) is 9.59 Å². The normalized spacial score (nSPS) is 8.95. The first-order valence-corrected chi connectivity index (χ1v) is 5.44. The van der Waals surface area contributed by atoms with Crippen LogP contribution in [0.4, 0.5) is 10.5 Å². The zero-order valence-corrected chi connectivity index (χ0v) is 10.6. The fraction of sp³-hybridized carbons (Fsp3) is 0.231. The molecule has 19 heavy (non-hydrogen) atoms. The van der Waals surface area contributed by atoms with Gasteiger partial charge in [-0.05, 0) is 25.1 Å². The number of nitrogens with one attached hydrogen (secondary N) is 2. The van der Waals surface area contributed by atoms with Crippen molar-refractivity contribution in [3.63, 3.8) is 0 Å². The molecule has 0 aliphatic carbocycles. The molecule has 2 amide bonds. The Hall–Kier alpha value is -2.68. The Bertz CT molecular complexity index is 543. The van der Waals surface area contributed by atoms with Crippen molar-refractivity contribution in [3.8, 4) is 17.6 Å². The van der Waals surface area contributed by atoms with Crippen LogP contribution in [-0.2, 0) is 0 Å². The van der Waals surface area contributed by atoms with Gasteiger partial charge in [-0.3, -0.25) is 0 Å². The van der Waals surface area contributed by atoms with Crippen LogP contribution in [0.5, 0.6) is 5.75 Å². The van der Waals surface area contributed by atoms with Gasteiger partial charge in [0, 0.05) is 0 Å². The minimum absolute atomic E-state index is 0.0597. The second-order valence-corrected chi connectivity index (χ2v) is 3.45. The summed E-state index contributed by atoms with van der Waals surface area (Å²) in [6, 6.07) is 3.72. The van der Waals surface area contributed by atoms with E-state index in [1.807, 2.05) is 0 Å². The summed E-state index contributed by atoms with van der Waals surface area (Å²) in [5.41, 5.74) is 0.341. The van der Waals surface area contributed by atoms with E-state index in [0.29, 0.717) is 5.75 Å². The molecule has 0 radical (unpaired) electrons. The van der Waals surface area contributed by atoms with Crippen LogP contribution in [-0.4, -0.2) is 30.8 Å². The van der Waals surface area contributed by atoms with Crippen LogP contribution in [0.1, 0.15) is 17.3 Å². The summed E-state index contributed by atoms with van der Waals surface area (Å²) >= 11 is 0. The average Bonchev–Trinajstić information content (AvgIpc) is 2.38. The molecule has 0 aliphatic rings. The number of anilines is 1. The Morgan fingerprint density at radius 3 is 2.74 bits per heavy atom. The molecular formula is C13H14N2O4. The quantitative estimate of drug-likeness (QED) is 0.718. The summed E-state index contributed by atoms with van der Waals surface area (Å²) < 4.78 is 5.04. The molecule has 0 aliphatic heterocycles. The maximum atomic E-state index is 11.5. The van der Waals surface area contributed by atoms with E-state index in [4.69, 9.17) is 9.84 Å². The number of benzene rings is 1. The third kappa shape index (κ3) is 4.24. The zero-order valence-electron chi connectivity index (χ0n) is 10.6.